The normalized spacial score (nSPS) is 14.8. The highest BCUT2D eigenvalue weighted by Gasteiger charge is 2.21. The monoisotopic (exact) mass is 557 g/mol. The zero-order chi connectivity index (χ0) is 22.2. The molecule has 178 valence electrons. The van der Waals surface area contributed by atoms with Crippen LogP contribution < -0.4 is 14.8 Å². The highest BCUT2D eigenvalue weighted by molar-refractivity contribution is 14.0. The van der Waals surface area contributed by atoms with E-state index in [0.717, 1.165) is 85.7 Å². The van der Waals surface area contributed by atoms with E-state index in [1.54, 1.807) is 14.2 Å². The molecule has 2 heterocycles. The summed E-state index contributed by atoms with van der Waals surface area (Å²) in [6.45, 7) is 12.3. The van der Waals surface area contributed by atoms with E-state index in [4.69, 9.17) is 19.0 Å². The molecule has 32 heavy (non-hydrogen) atoms. The molecular formula is C23H36IN5O3. The minimum absolute atomic E-state index is 0. The van der Waals surface area contributed by atoms with Gasteiger partial charge in [-0.2, -0.15) is 0 Å². The van der Waals surface area contributed by atoms with Crippen molar-refractivity contribution in [2.24, 2.45) is 4.99 Å². The molecule has 0 amide bonds. The standard InChI is InChI=1S/C23H35N5O3.HI/c1-6-24-23(25-10-9-21-17(2)26-31-18(21)3)28-13-11-27(12-14-28)16-19-15-20(29-4)7-8-22(19)30-5;/h7-8,15H,6,9-14,16H2,1-5H3,(H,24,25);1H. The van der Waals surface area contributed by atoms with Crippen LogP contribution in [-0.4, -0.2) is 74.4 Å². The number of hydrogen-bond donors (Lipinski definition) is 1. The van der Waals surface area contributed by atoms with Crippen LogP contribution >= 0.6 is 24.0 Å². The molecule has 1 fully saturated rings. The lowest BCUT2D eigenvalue weighted by Crippen LogP contribution is -2.52. The Hall–Kier alpha value is -2.01. The van der Waals surface area contributed by atoms with Crippen molar-refractivity contribution in [3.63, 3.8) is 0 Å². The Morgan fingerprint density at radius 1 is 1.16 bits per heavy atom. The number of nitrogens with one attached hydrogen (secondary N) is 1. The van der Waals surface area contributed by atoms with Gasteiger partial charge in [0.05, 0.1) is 19.9 Å². The summed E-state index contributed by atoms with van der Waals surface area (Å²) >= 11 is 0. The third-order valence-electron chi connectivity index (χ3n) is 5.69. The number of nitrogens with zero attached hydrogens (tertiary/aromatic N) is 4. The molecule has 1 saturated heterocycles. The van der Waals surface area contributed by atoms with Crippen molar-refractivity contribution in [1.29, 1.82) is 0 Å². The minimum Gasteiger partial charge on any atom is -0.497 e. The first-order valence-corrected chi connectivity index (χ1v) is 10.9. The number of aliphatic imine (C=N–C) groups is 1. The highest BCUT2D eigenvalue weighted by atomic mass is 127. The van der Waals surface area contributed by atoms with Crippen molar-refractivity contribution in [2.45, 2.75) is 33.7 Å². The highest BCUT2D eigenvalue weighted by Crippen LogP contribution is 2.25. The topological polar surface area (TPSA) is 75.4 Å². The minimum atomic E-state index is 0. The second kappa shape index (κ2) is 12.9. The molecule has 1 aliphatic heterocycles. The summed E-state index contributed by atoms with van der Waals surface area (Å²) in [6, 6.07) is 5.97. The predicted molar refractivity (Wildman–Crippen MR) is 137 cm³/mol. The number of guanidine groups is 1. The van der Waals surface area contributed by atoms with E-state index >= 15 is 0 Å². The van der Waals surface area contributed by atoms with Crippen molar-refractivity contribution in [2.75, 3.05) is 53.5 Å². The van der Waals surface area contributed by atoms with Crippen LogP contribution in [0, 0.1) is 13.8 Å². The second-order valence-electron chi connectivity index (χ2n) is 7.73. The van der Waals surface area contributed by atoms with Crippen molar-refractivity contribution < 1.29 is 14.0 Å². The fourth-order valence-electron chi connectivity index (χ4n) is 3.92. The Kier molecular flexibility index (Phi) is 10.6. The summed E-state index contributed by atoms with van der Waals surface area (Å²) < 4.78 is 16.2. The molecule has 0 radical (unpaired) electrons. The van der Waals surface area contributed by atoms with Gasteiger partial charge in [-0.15, -0.1) is 24.0 Å². The Bertz CT molecular complexity index is 859. The maximum absolute atomic E-state index is 5.54. The molecule has 8 nitrogen and oxygen atoms in total. The van der Waals surface area contributed by atoms with E-state index in [1.165, 1.54) is 0 Å². The fraction of sp³-hybridized carbons (Fsp3) is 0.565. The Balaban J connectivity index is 0.00000363. The molecule has 1 N–H and O–H groups in total. The van der Waals surface area contributed by atoms with E-state index < -0.39 is 0 Å². The smallest absolute Gasteiger partial charge is 0.194 e. The molecule has 0 aliphatic carbocycles. The zero-order valence-corrected chi connectivity index (χ0v) is 22.1. The first-order chi connectivity index (χ1) is 15.0. The van der Waals surface area contributed by atoms with Crippen LogP contribution in [0.25, 0.3) is 0 Å². The maximum atomic E-state index is 5.54. The third kappa shape index (κ3) is 6.74. The number of rotatable bonds is 8. The molecule has 0 spiro atoms. The predicted octanol–water partition coefficient (Wildman–Crippen LogP) is 3.25. The molecule has 2 aromatic rings. The number of piperazine rings is 1. The van der Waals surface area contributed by atoms with Gasteiger partial charge in [-0.25, -0.2) is 0 Å². The van der Waals surface area contributed by atoms with Crippen LogP contribution in [0.15, 0.2) is 27.7 Å². The van der Waals surface area contributed by atoms with Gasteiger partial charge >= 0.3 is 0 Å². The first kappa shape index (κ1) is 26.2. The van der Waals surface area contributed by atoms with Crippen LogP contribution in [0.2, 0.25) is 0 Å². The molecule has 1 aromatic heterocycles. The molecule has 1 aromatic carbocycles. The quantitative estimate of drug-likeness (QED) is 0.304. The average molecular weight is 557 g/mol. The summed E-state index contributed by atoms with van der Waals surface area (Å²) in [4.78, 5) is 9.65. The van der Waals surface area contributed by atoms with Crippen molar-refractivity contribution in [3.8, 4) is 11.5 Å². The summed E-state index contributed by atoms with van der Waals surface area (Å²) in [5.41, 5.74) is 3.27. The lowest BCUT2D eigenvalue weighted by molar-refractivity contribution is 0.171. The Labute approximate surface area is 208 Å². The second-order valence-corrected chi connectivity index (χ2v) is 7.73. The van der Waals surface area contributed by atoms with Crippen LogP contribution in [0.4, 0.5) is 0 Å². The van der Waals surface area contributed by atoms with E-state index in [2.05, 4.69) is 33.3 Å². The van der Waals surface area contributed by atoms with Gasteiger partial charge in [0.1, 0.15) is 17.3 Å². The molecule has 0 unspecified atom stereocenters. The molecule has 0 bridgehead atoms. The molecule has 1 aliphatic rings. The number of benzene rings is 1. The van der Waals surface area contributed by atoms with E-state index in [9.17, 15) is 0 Å². The van der Waals surface area contributed by atoms with Crippen LogP contribution in [0.5, 0.6) is 11.5 Å². The third-order valence-corrected chi connectivity index (χ3v) is 5.69. The SMILES string of the molecule is CCNC(=NCCc1c(C)noc1C)N1CCN(Cc2cc(OC)ccc2OC)CC1.I. The van der Waals surface area contributed by atoms with Gasteiger partial charge in [0.15, 0.2) is 5.96 Å². The van der Waals surface area contributed by atoms with Gasteiger partial charge in [-0.3, -0.25) is 9.89 Å². The van der Waals surface area contributed by atoms with E-state index in [0.29, 0.717) is 6.54 Å². The number of ether oxygens (including phenoxy) is 2. The number of halogens is 1. The van der Waals surface area contributed by atoms with Crippen molar-refractivity contribution in [3.05, 3.63) is 40.8 Å². The average Bonchev–Trinajstić information content (AvgIpc) is 3.11. The summed E-state index contributed by atoms with van der Waals surface area (Å²) in [6.07, 6.45) is 0.839. The van der Waals surface area contributed by atoms with E-state index in [1.807, 2.05) is 26.0 Å². The lowest BCUT2D eigenvalue weighted by Gasteiger charge is -2.36. The maximum Gasteiger partial charge on any atom is 0.194 e. The van der Waals surface area contributed by atoms with Gasteiger partial charge in [0.2, 0.25) is 0 Å². The number of hydrogen-bond acceptors (Lipinski definition) is 6. The van der Waals surface area contributed by atoms with Gasteiger partial charge in [0, 0.05) is 56.9 Å². The van der Waals surface area contributed by atoms with Crippen molar-refractivity contribution in [1.82, 2.24) is 20.3 Å². The number of aryl methyl sites for hydroxylation is 2. The number of methoxy groups -OCH3 is 2. The first-order valence-electron chi connectivity index (χ1n) is 10.9. The molecule has 0 saturated carbocycles. The molecule has 9 heteroatoms. The Morgan fingerprint density at radius 2 is 1.91 bits per heavy atom. The molecule has 3 rings (SSSR count). The van der Waals surface area contributed by atoms with Crippen LogP contribution in [0.3, 0.4) is 0 Å². The van der Waals surface area contributed by atoms with Crippen LogP contribution in [-0.2, 0) is 13.0 Å². The summed E-state index contributed by atoms with van der Waals surface area (Å²) in [5, 5.41) is 7.48. The van der Waals surface area contributed by atoms with Gasteiger partial charge in [-0.05, 0) is 45.4 Å². The Morgan fingerprint density at radius 3 is 2.50 bits per heavy atom. The van der Waals surface area contributed by atoms with Gasteiger partial charge in [-0.1, -0.05) is 5.16 Å². The zero-order valence-electron chi connectivity index (χ0n) is 19.8. The van der Waals surface area contributed by atoms with Crippen molar-refractivity contribution >= 4 is 29.9 Å². The largest absolute Gasteiger partial charge is 0.497 e. The summed E-state index contributed by atoms with van der Waals surface area (Å²) in [5.74, 6) is 3.62. The molecule has 0 atom stereocenters. The lowest BCUT2D eigenvalue weighted by atomic mass is 10.1. The van der Waals surface area contributed by atoms with Gasteiger partial charge in [0.25, 0.3) is 0 Å². The fourth-order valence-corrected chi connectivity index (χ4v) is 3.92. The van der Waals surface area contributed by atoms with E-state index in [-0.39, 0.29) is 24.0 Å². The molecular weight excluding hydrogens is 521 g/mol. The summed E-state index contributed by atoms with van der Waals surface area (Å²) in [7, 11) is 3.41. The number of aromatic nitrogens is 1. The van der Waals surface area contributed by atoms with Gasteiger partial charge < -0.3 is 24.2 Å². The van der Waals surface area contributed by atoms with Crippen LogP contribution in [0.1, 0.15) is 29.5 Å².